The first-order valence-corrected chi connectivity index (χ1v) is 23.3. The Labute approximate surface area is 354 Å². The number of nitrogens with zero attached hydrogens (tertiary/aromatic N) is 2. The van der Waals surface area contributed by atoms with Gasteiger partial charge in [-0.2, -0.15) is 0 Å². The van der Waals surface area contributed by atoms with E-state index in [4.69, 9.17) is 55.9 Å². The number of amides is 2. The van der Waals surface area contributed by atoms with Gasteiger partial charge in [-0.25, -0.2) is 0 Å². The van der Waals surface area contributed by atoms with E-state index in [2.05, 4.69) is 77.9 Å². The number of aromatic hydroxyl groups is 2. The van der Waals surface area contributed by atoms with Crippen LogP contribution in [0.5, 0.6) is 11.5 Å². The summed E-state index contributed by atoms with van der Waals surface area (Å²) in [5.74, 6) is 1.08. The number of halogens is 7. The highest BCUT2D eigenvalue weighted by atomic mass is 80.9. The molecule has 0 aromatic heterocycles. The fourth-order valence-electron chi connectivity index (χ4n) is 5.78. The van der Waals surface area contributed by atoms with Gasteiger partial charge in [0.1, 0.15) is 11.5 Å². The van der Waals surface area contributed by atoms with Crippen molar-refractivity contribution in [2.45, 2.75) is 93.1 Å². The third-order valence-electron chi connectivity index (χ3n) is 8.97. The fourth-order valence-corrected chi connectivity index (χ4v) is 6.02. The first kappa shape index (κ1) is 49.5. The van der Waals surface area contributed by atoms with Crippen LogP contribution in [0.3, 0.4) is 0 Å². The Morgan fingerprint density at radius 2 is 1.10 bits per heavy atom. The van der Waals surface area contributed by atoms with Gasteiger partial charge in [-0.1, -0.05) is 105 Å². The number of carbonyl (C=O) groups is 2. The highest BCUT2D eigenvalue weighted by molar-refractivity contribution is 9.93. The smallest absolute Gasteiger partial charge is 0.266 e. The van der Waals surface area contributed by atoms with Gasteiger partial charge in [0.2, 0.25) is 11.8 Å². The van der Waals surface area contributed by atoms with Crippen LogP contribution in [0, 0.1) is 0 Å². The third kappa shape index (κ3) is 21.0. The summed E-state index contributed by atoms with van der Waals surface area (Å²) < 4.78 is 9.64. The van der Waals surface area contributed by atoms with Gasteiger partial charge in [0.05, 0.1) is 30.9 Å². The Morgan fingerprint density at radius 1 is 0.692 bits per heavy atom. The van der Waals surface area contributed by atoms with Gasteiger partial charge in [-0.3, -0.25) is 9.59 Å². The lowest BCUT2D eigenvalue weighted by atomic mass is 9.80. The van der Waals surface area contributed by atoms with Crippen molar-refractivity contribution >= 4 is 102 Å². The van der Waals surface area contributed by atoms with Crippen molar-refractivity contribution in [2.75, 3.05) is 52.6 Å². The second-order valence-electron chi connectivity index (χ2n) is 13.8. The minimum absolute atomic E-state index is 0.0137. The molecule has 2 aliphatic rings. The average molecular weight is 1000 g/mol. The molecule has 2 aromatic carbocycles. The molecule has 4 rings (SSSR count). The van der Waals surface area contributed by atoms with E-state index < -0.39 is 3.25 Å². The highest BCUT2D eigenvalue weighted by Gasteiger charge is 2.23. The van der Waals surface area contributed by atoms with E-state index in [0.29, 0.717) is 49.5 Å². The number of rotatable bonds is 12. The molecule has 2 aliphatic heterocycles. The van der Waals surface area contributed by atoms with Gasteiger partial charge in [-0.15, -0.1) is 0 Å². The SMILES string of the molecule is BrBr.CC(C)(CCCCC(=O)N1CCOCC1)c1ccc(Br)c(O)c1.CC(C)(CCCCC(=O)N1CCOCC1)c1cccc(O)c1.ClC(Cl)(Cl)Cl. The average Bonchev–Trinajstić information content (AvgIpc) is 3.11. The van der Waals surface area contributed by atoms with Gasteiger partial charge in [0, 0.05) is 67.3 Å². The lowest BCUT2D eigenvalue weighted by Crippen LogP contribution is -2.40. The molecule has 8 nitrogen and oxygen atoms in total. The first-order chi connectivity index (χ1) is 24.4. The van der Waals surface area contributed by atoms with Crippen LogP contribution >= 0.6 is 90.6 Å². The zero-order valence-electron chi connectivity index (χ0n) is 30.4. The van der Waals surface area contributed by atoms with Crippen molar-refractivity contribution < 1.29 is 29.3 Å². The van der Waals surface area contributed by atoms with Crippen molar-refractivity contribution in [1.82, 2.24) is 9.80 Å². The Bertz CT molecular complexity index is 1330. The van der Waals surface area contributed by atoms with Crippen LogP contribution in [0.25, 0.3) is 0 Å². The molecule has 0 atom stereocenters. The fraction of sp³-hybridized carbons (Fsp3) is 0.622. The topological polar surface area (TPSA) is 99.5 Å². The van der Waals surface area contributed by atoms with E-state index in [1.807, 2.05) is 40.1 Å². The highest BCUT2D eigenvalue weighted by Crippen LogP contribution is 2.35. The van der Waals surface area contributed by atoms with Crippen LogP contribution in [0.2, 0.25) is 0 Å². The Morgan fingerprint density at radius 3 is 1.48 bits per heavy atom. The van der Waals surface area contributed by atoms with E-state index in [1.165, 1.54) is 0 Å². The molecule has 0 bridgehead atoms. The van der Waals surface area contributed by atoms with Crippen molar-refractivity contribution in [3.63, 3.8) is 0 Å². The number of alkyl halides is 4. The Kier molecular flexibility index (Phi) is 24.4. The molecule has 2 aromatic rings. The number of phenolic OH excluding ortho intramolecular Hbond substituents is 2. The van der Waals surface area contributed by atoms with Crippen LogP contribution in [-0.4, -0.2) is 87.7 Å². The third-order valence-corrected chi connectivity index (χ3v) is 9.64. The van der Waals surface area contributed by atoms with Crippen molar-refractivity contribution in [3.05, 3.63) is 58.1 Å². The van der Waals surface area contributed by atoms with E-state index >= 15 is 0 Å². The van der Waals surface area contributed by atoms with E-state index in [9.17, 15) is 19.8 Å². The lowest BCUT2D eigenvalue weighted by molar-refractivity contribution is -0.136. The molecule has 52 heavy (non-hydrogen) atoms. The van der Waals surface area contributed by atoms with E-state index in [0.717, 1.165) is 75.8 Å². The molecule has 2 heterocycles. The quantitative estimate of drug-likeness (QED) is 0.162. The summed E-state index contributed by atoms with van der Waals surface area (Å²) in [5.41, 5.74) is 2.27. The minimum Gasteiger partial charge on any atom is -0.508 e. The van der Waals surface area contributed by atoms with Crippen molar-refractivity contribution in [3.8, 4) is 11.5 Å². The van der Waals surface area contributed by atoms with Crippen LogP contribution in [0.1, 0.15) is 90.2 Å². The summed E-state index contributed by atoms with van der Waals surface area (Å²) >= 11 is 28.1. The molecule has 0 aliphatic carbocycles. The number of benzene rings is 2. The summed E-state index contributed by atoms with van der Waals surface area (Å²) in [5, 5.41) is 19.4. The number of phenols is 2. The summed E-state index contributed by atoms with van der Waals surface area (Å²) in [6, 6.07) is 13.2. The van der Waals surface area contributed by atoms with Crippen LogP contribution in [-0.2, 0) is 29.9 Å². The molecule has 296 valence electrons. The predicted molar refractivity (Wildman–Crippen MR) is 226 cm³/mol. The number of carbonyl (C=O) groups excluding carboxylic acids is 2. The predicted octanol–water partition coefficient (Wildman–Crippen LogP) is 11.2. The molecule has 2 saturated heterocycles. The number of hydrogen-bond acceptors (Lipinski definition) is 6. The van der Waals surface area contributed by atoms with Gasteiger partial charge in [-0.05, 0) is 87.8 Å². The van der Waals surface area contributed by atoms with Gasteiger partial charge >= 0.3 is 0 Å². The molecular formula is C37H53Br3Cl4N2O6. The Hall–Kier alpha value is -0.500. The maximum atomic E-state index is 12.1. The lowest BCUT2D eigenvalue weighted by Gasteiger charge is -2.28. The molecule has 2 amide bonds. The standard InChI is InChI=1S/C18H26BrNO3.C18H27NO3.CCl4.Br2/c1-18(2,14-6-7-15(19)16(21)13-14)8-4-3-5-17(22)20-9-11-23-12-10-20;1-18(2,15-6-5-7-16(20)14-15)9-4-3-8-17(21)19-10-12-22-13-11-19;2-1(3,4)5;1-2/h6-7,13,21H,3-5,8-12H2,1-2H3;5-7,14,20H,3-4,8-13H2,1-2H3;;. The summed E-state index contributed by atoms with van der Waals surface area (Å²) in [4.78, 5) is 28.0. The van der Waals surface area contributed by atoms with E-state index in [1.54, 1.807) is 6.07 Å². The zero-order valence-corrected chi connectivity index (χ0v) is 38.2. The number of ether oxygens (including phenoxy) is 2. The molecule has 0 radical (unpaired) electrons. The monoisotopic (exact) mass is 998 g/mol. The van der Waals surface area contributed by atoms with Gasteiger partial charge in [0.25, 0.3) is 3.25 Å². The molecule has 0 spiro atoms. The molecule has 2 fully saturated rings. The normalized spacial score (nSPS) is 14.9. The van der Waals surface area contributed by atoms with Crippen LogP contribution < -0.4 is 0 Å². The number of hydrogen-bond donors (Lipinski definition) is 2. The van der Waals surface area contributed by atoms with Crippen LogP contribution in [0.4, 0.5) is 0 Å². The molecule has 15 heteroatoms. The summed E-state index contributed by atoms with van der Waals surface area (Å²) in [6.45, 7) is 14.3. The Balaban J connectivity index is 0.000000442. The van der Waals surface area contributed by atoms with E-state index in [-0.39, 0.29) is 28.4 Å². The van der Waals surface area contributed by atoms with Gasteiger partial charge < -0.3 is 29.5 Å². The molecule has 2 N–H and O–H groups in total. The van der Waals surface area contributed by atoms with Crippen molar-refractivity contribution in [2.24, 2.45) is 0 Å². The molecule has 0 unspecified atom stereocenters. The minimum atomic E-state index is -1.61. The maximum absolute atomic E-state index is 12.1. The second-order valence-corrected chi connectivity index (χ2v) is 18.1. The van der Waals surface area contributed by atoms with Crippen molar-refractivity contribution in [1.29, 1.82) is 0 Å². The number of morpholine rings is 2. The maximum Gasteiger partial charge on any atom is 0.266 e. The van der Waals surface area contributed by atoms with Gasteiger partial charge in [0.15, 0.2) is 0 Å². The summed E-state index contributed by atoms with van der Waals surface area (Å²) in [7, 11) is 0. The van der Waals surface area contributed by atoms with Crippen LogP contribution in [0.15, 0.2) is 46.9 Å². The second kappa shape index (κ2) is 25.6. The molecular weight excluding hydrogens is 950 g/mol. The summed E-state index contributed by atoms with van der Waals surface area (Å²) in [6.07, 6.45) is 7.06. The first-order valence-electron chi connectivity index (χ1n) is 17.3. The molecule has 0 saturated carbocycles. The largest absolute Gasteiger partial charge is 0.508 e. The zero-order chi connectivity index (χ0) is 39.4. The number of unbranched alkanes of at least 4 members (excludes halogenated alkanes) is 2.